The number of benzene rings is 3. The van der Waals surface area contributed by atoms with E-state index in [1.165, 1.54) is 56.7 Å². The molecule has 178 valence electrons. The molecule has 0 saturated heterocycles. The number of carbonyl (C=O) groups excluding carboxylic acids is 2. The average Bonchev–Trinajstić information content (AvgIpc) is 2.83. The van der Waals surface area contributed by atoms with Gasteiger partial charge in [0.2, 0.25) is 0 Å². The number of ether oxygens (including phenoxy) is 2. The van der Waals surface area contributed by atoms with Crippen LogP contribution in [0.3, 0.4) is 0 Å². The second kappa shape index (κ2) is 10.2. The van der Waals surface area contributed by atoms with Crippen molar-refractivity contribution in [2.45, 2.75) is 4.90 Å². The molecule has 12 heteroatoms. The molecule has 34 heavy (non-hydrogen) atoms. The third kappa shape index (κ3) is 5.59. The third-order valence-corrected chi connectivity index (χ3v) is 5.91. The summed E-state index contributed by atoms with van der Waals surface area (Å²) in [7, 11) is -1.31. The summed E-state index contributed by atoms with van der Waals surface area (Å²) >= 11 is 0. The molecule has 0 fully saturated rings. The number of amides is 2. The van der Waals surface area contributed by atoms with Crippen LogP contribution in [-0.2, 0) is 10.0 Å². The lowest BCUT2D eigenvalue weighted by atomic mass is 10.2. The lowest BCUT2D eigenvalue weighted by molar-refractivity contribution is 0.0846. The highest BCUT2D eigenvalue weighted by Gasteiger charge is 2.17. The molecule has 0 heterocycles. The quantitative estimate of drug-likeness (QED) is 0.437. The molecule has 0 saturated carbocycles. The van der Waals surface area contributed by atoms with Gasteiger partial charge in [-0.15, -0.1) is 0 Å². The number of hydrogen-bond donors (Lipinski definition) is 3. The second-order valence-corrected chi connectivity index (χ2v) is 8.42. The Morgan fingerprint density at radius 3 is 1.91 bits per heavy atom. The van der Waals surface area contributed by atoms with Crippen LogP contribution < -0.4 is 25.0 Å². The lowest BCUT2D eigenvalue weighted by Crippen LogP contribution is -2.41. The minimum Gasteiger partial charge on any atom is -0.493 e. The SMILES string of the molecule is COc1ccc(C(=O)NNC(=O)c2ccc(NS(=O)(=O)c3ccc(F)c(F)c3)cc2)cc1OC. The molecule has 0 atom stereocenters. The van der Waals surface area contributed by atoms with Crippen LogP contribution in [0.15, 0.2) is 65.6 Å². The molecule has 0 unspecified atom stereocenters. The Labute approximate surface area is 193 Å². The Morgan fingerprint density at radius 2 is 1.32 bits per heavy atom. The smallest absolute Gasteiger partial charge is 0.269 e. The number of halogens is 2. The molecule has 3 rings (SSSR count). The summed E-state index contributed by atoms with van der Waals surface area (Å²) in [6.07, 6.45) is 0. The first kappa shape index (κ1) is 24.5. The molecular weight excluding hydrogens is 472 g/mol. The fourth-order valence-corrected chi connectivity index (χ4v) is 3.85. The number of sulfonamides is 1. The minimum atomic E-state index is -4.18. The number of hydrazine groups is 1. The van der Waals surface area contributed by atoms with Gasteiger partial charge in [0.1, 0.15) is 0 Å². The fourth-order valence-electron chi connectivity index (χ4n) is 2.78. The van der Waals surface area contributed by atoms with Crippen molar-refractivity contribution in [2.24, 2.45) is 0 Å². The number of methoxy groups -OCH3 is 2. The first-order valence-electron chi connectivity index (χ1n) is 9.55. The molecule has 0 radical (unpaired) electrons. The van der Waals surface area contributed by atoms with Crippen LogP contribution >= 0.6 is 0 Å². The van der Waals surface area contributed by atoms with Crippen LogP contribution in [0, 0.1) is 11.6 Å². The molecule has 0 aromatic heterocycles. The van der Waals surface area contributed by atoms with Crippen molar-refractivity contribution in [3.63, 3.8) is 0 Å². The van der Waals surface area contributed by atoms with E-state index in [2.05, 4.69) is 15.6 Å². The highest BCUT2D eigenvalue weighted by atomic mass is 32.2. The van der Waals surface area contributed by atoms with Gasteiger partial charge < -0.3 is 9.47 Å². The van der Waals surface area contributed by atoms with E-state index >= 15 is 0 Å². The van der Waals surface area contributed by atoms with Crippen LogP contribution in [0.25, 0.3) is 0 Å². The predicted molar refractivity (Wildman–Crippen MR) is 118 cm³/mol. The van der Waals surface area contributed by atoms with Gasteiger partial charge in [0.05, 0.1) is 19.1 Å². The van der Waals surface area contributed by atoms with Gasteiger partial charge in [-0.2, -0.15) is 0 Å². The average molecular weight is 491 g/mol. The fraction of sp³-hybridized carbons (Fsp3) is 0.0909. The van der Waals surface area contributed by atoms with Crippen molar-refractivity contribution in [1.29, 1.82) is 0 Å². The molecule has 0 bridgehead atoms. The molecule has 0 aliphatic heterocycles. The molecule has 3 aromatic carbocycles. The van der Waals surface area contributed by atoms with Crippen LogP contribution in [0.1, 0.15) is 20.7 Å². The van der Waals surface area contributed by atoms with Gasteiger partial charge >= 0.3 is 0 Å². The molecule has 0 spiro atoms. The second-order valence-electron chi connectivity index (χ2n) is 6.74. The molecule has 3 N–H and O–H groups in total. The summed E-state index contributed by atoms with van der Waals surface area (Å²) in [5, 5.41) is 0. The number of nitrogens with one attached hydrogen (secondary N) is 3. The van der Waals surface area contributed by atoms with Crippen molar-refractivity contribution < 1.29 is 36.3 Å². The van der Waals surface area contributed by atoms with E-state index in [9.17, 15) is 26.8 Å². The number of anilines is 1. The Bertz CT molecular complexity index is 1330. The zero-order valence-corrected chi connectivity index (χ0v) is 18.7. The van der Waals surface area contributed by atoms with Crippen LogP contribution in [0.2, 0.25) is 0 Å². The van der Waals surface area contributed by atoms with E-state index in [-0.39, 0.29) is 16.8 Å². The largest absolute Gasteiger partial charge is 0.493 e. The van der Waals surface area contributed by atoms with Gasteiger partial charge in [-0.1, -0.05) is 0 Å². The van der Waals surface area contributed by atoms with Crippen molar-refractivity contribution in [2.75, 3.05) is 18.9 Å². The molecule has 9 nitrogen and oxygen atoms in total. The number of hydrogen-bond acceptors (Lipinski definition) is 6. The minimum absolute atomic E-state index is 0.0793. The summed E-state index contributed by atoms with van der Waals surface area (Å²) in [6, 6.07) is 11.8. The molecule has 0 aliphatic carbocycles. The van der Waals surface area contributed by atoms with E-state index in [0.29, 0.717) is 23.6 Å². The Balaban J connectivity index is 1.62. The van der Waals surface area contributed by atoms with Gasteiger partial charge in [-0.3, -0.25) is 25.2 Å². The Kier molecular flexibility index (Phi) is 7.31. The van der Waals surface area contributed by atoms with E-state index in [1.54, 1.807) is 0 Å². The maximum Gasteiger partial charge on any atom is 0.269 e. The monoisotopic (exact) mass is 491 g/mol. The first-order chi connectivity index (χ1) is 16.1. The topological polar surface area (TPSA) is 123 Å². The summed E-state index contributed by atoms with van der Waals surface area (Å²) in [4.78, 5) is 24.1. The molecule has 0 aliphatic rings. The van der Waals surface area contributed by atoms with Crippen LogP contribution in [-0.4, -0.2) is 34.5 Å². The van der Waals surface area contributed by atoms with Gasteiger partial charge in [-0.25, -0.2) is 17.2 Å². The van der Waals surface area contributed by atoms with Gasteiger partial charge in [0.25, 0.3) is 21.8 Å². The predicted octanol–water partition coefficient (Wildman–Crippen LogP) is 2.86. The molecular formula is C22H19F2N3O6S. The van der Waals surface area contributed by atoms with E-state index in [1.807, 2.05) is 0 Å². The summed E-state index contributed by atoms with van der Waals surface area (Å²) in [6.45, 7) is 0. The lowest BCUT2D eigenvalue weighted by Gasteiger charge is -2.11. The van der Waals surface area contributed by atoms with Crippen LogP contribution in [0.4, 0.5) is 14.5 Å². The molecule has 3 aromatic rings. The summed E-state index contributed by atoms with van der Waals surface area (Å²) in [5.41, 5.74) is 4.90. The maximum absolute atomic E-state index is 13.3. The van der Waals surface area contributed by atoms with Crippen molar-refractivity contribution in [1.82, 2.24) is 10.9 Å². The Hall–Kier alpha value is -4.19. The normalized spacial score (nSPS) is 10.8. The van der Waals surface area contributed by atoms with Crippen LogP contribution in [0.5, 0.6) is 11.5 Å². The van der Waals surface area contributed by atoms with Gasteiger partial charge in [0.15, 0.2) is 23.1 Å². The van der Waals surface area contributed by atoms with Crippen molar-refractivity contribution >= 4 is 27.5 Å². The summed E-state index contributed by atoms with van der Waals surface area (Å²) in [5.74, 6) is -2.97. The standard InChI is InChI=1S/C22H19F2N3O6S/c1-32-19-10-5-14(11-20(19)33-2)22(29)26-25-21(28)13-3-6-15(7-4-13)27-34(30,31)16-8-9-17(23)18(24)12-16/h3-12,27H,1-2H3,(H,25,28)(H,26,29). The number of rotatable bonds is 7. The number of carbonyl (C=O) groups is 2. The van der Waals surface area contributed by atoms with E-state index in [4.69, 9.17) is 9.47 Å². The highest BCUT2D eigenvalue weighted by molar-refractivity contribution is 7.92. The Morgan fingerprint density at radius 1 is 0.735 bits per heavy atom. The van der Waals surface area contributed by atoms with Gasteiger partial charge in [-0.05, 0) is 60.7 Å². The zero-order chi connectivity index (χ0) is 24.9. The van der Waals surface area contributed by atoms with E-state index in [0.717, 1.165) is 6.07 Å². The van der Waals surface area contributed by atoms with Gasteiger partial charge in [0, 0.05) is 16.8 Å². The zero-order valence-electron chi connectivity index (χ0n) is 17.9. The third-order valence-electron chi connectivity index (χ3n) is 4.54. The molecule has 2 amide bonds. The maximum atomic E-state index is 13.3. The van der Waals surface area contributed by atoms with Crippen molar-refractivity contribution in [3.8, 4) is 11.5 Å². The van der Waals surface area contributed by atoms with E-state index < -0.39 is 38.4 Å². The highest BCUT2D eigenvalue weighted by Crippen LogP contribution is 2.27. The first-order valence-corrected chi connectivity index (χ1v) is 11.0. The summed E-state index contributed by atoms with van der Waals surface area (Å²) < 4.78 is 63.5. The van der Waals surface area contributed by atoms with Crippen molar-refractivity contribution in [3.05, 3.63) is 83.4 Å².